The summed E-state index contributed by atoms with van der Waals surface area (Å²) < 4.78 is 11.2. The van der Waals surface area contributed by atoms with E-state index < -0.39 is 0 Å². The lowest BCUT2D eigenvalue weighted by atomic mass is 10.1. The Balaban J connectivity index is 1.67. The number of halogens is 1. The molecule has 0 bridgehead atoms. The zero-order chi connectivity index (χ0) is 13.9. The average Bonchev–Trinajstić information content (AvgIpc) is 2.86. The molecule has 0 saturated carbocycles. The smallest absolute Gasteiger partial charge is 0.231 e. The van der Waals surface area contributed by atoms with Crippen LogP contribution in [0.2, 0.25) is 0 Å². The van der Waals surface area contributed by atoms with E-state index in [4.69, 9.17) is 9.47 Å². The van der Waals surface area contributed by atoms with E-state index in [0.717, 1.165) is 5.56 Å². The van der Waals surface area contributed by atoms with E-state index in [1.165, 1.54) is 0 Å². The predicted molar refractivity (Wildman–Crippen MR) is 76.8 cm³/mol. The van der Waals surface area contributed by atoms with Crippen LogP contribution in [0.1, 0.15) is 5.56 Å². The van der Waals surface area contributed by atoms with Gasteiger partial charge in [-0.05, 0) is 45.8 Å². The fourth-order valence-corrected chi connectivity index (χ4v) is 2.24. The molecule has 2 aromatic rings. The number of hydrogen-bond donors (Lipinski definition) is 1. The highest BCUT2D eigenvalue weighted by Crippen LogP contribution is 2.32. The van der Waals surface area contributed by atoms with Gasteiger partial charge in [-0.15, -0.1) is 0 Å². The molecule has 1 aromatic carbocycles. The van der Waals surface area contributed by atoms with Crippen molar-refractivity contribution in [3.05, 3.63) is 46.6 Å². The maximum Gasteiger partial charge on any atom is 0.231 e. The third kappa shape index (κ3) is 2.91. The van der Waals surface area contributed by atoms with Gasteiger partial charge in [0.25, 0.3) is 0 Å². The van der Waals surface area contributed by atoms with Crippen LogP contribution in [-0.2, 0) is 11.2 Å². The fraction of sp³-hybridized carbons (Fsp3) is 0.143. The Morgan fingerprint density at radius 1 is 1.25 bits per heavy atom. The van der Waals surface area contributed by atoms with Crippen LogP contribution in [0.5, 0.6) is 11.5 Å². The lowest BCUT2D eigenvalue weighted by Gasteiger charge is -2.05. The molecule has 0 atom stereocenters. The molecule has 1 aliphatic rings. The summed E-state index contributed by atoms with van der Waals surface area (Å²) in [5, 5.41) is 2.75. The maximum atomic E-state index is 12.0. The van der Waals surface area contributed by atoms with E-state index in [1.807, 2.05) is 24.3 Å². The van der Waals surface area contributed by atoms with Gasteiger partial charge >= 0.3 is 0 Å². The fourth-order valence-electron chi connectivity index (χ4n) is 1.90. The molecule has 0 radical (unpaired) electrons. The van der Waals surface area contributed by atoms with Gasteiger partial charge in [-0.25, -0.2) is 4.98 Å². The number of pyridine rings is 1. The van der Waals surface area contributed by atoms with Crippen molar-refractivity contribution in [2.24, 2.45) is 0 Å². The molecule has 3 rings (SSSR count). The topological polar surface area (TPSA) is 60.5 Å². The second-order valence-corrected chi connectivity index (χ2v) is 5.07. The Bertz CT molecular complexity index is 661. The zero-order valence-corrected chi connectivity index (χ0v) is 12.0. The minimum Gasteiger partial charge on any atom is -0.454 e. The Labute approximate surface area is 124 Å². The van der Waals surface area contributed by atoms with Crippen molar-refractivity contribution in [3.8, 4) is 11.5 Å². The number of carbonyl (C=O) groups excluding carboxylic acids is 1. The van der Waals surface area contributed by atoms with Gasteiger partial charge in [0.2, 0.25) is 12.7 Å². The second kappa shape index (κ2) is 5.50. The Morgan fingerprint density at radius 2 is 2.10 bits per heavy atom. The third-order valence-electron chi connectivity index (χ3n) is 2.78. The van der Waals surface area contributed by atoms with Gasteiger partial charge in [0.15, 0.2) is 11.5 Å². The second-order valence-electron chi connectivity index (χ2n) is 4.26. The molecule has 6 heteroatoms. The summed E-state index contributed by atoms with van der Waals surface area (Å²) in [6, 6.07) is 10.8. The van der Waals surface area contributed by atoms with Crippen LogP contribution < -0.4 is 14.8 Å². The summed E-state index contributed by atoms with van der Waals surface area (Å²) in [7, 11) is 0. The van der Waals surface area contributed by atoms with Crippen molar-refractivity contribution in [3.63, 3.8) is 0 Å². The molecule has 0 spiro atoms. The number of nitrogens with zero attached hydrogens (tertiary/aromatic N) is 1. The number of anilines is 1. The first-order valence-corrected chi connectivity index (χ1v) is 6.81. The van der Waals surface area contributed by atoms with Gasteiger partial charge in [0.1, 0.15) is 10.4 Å². The summed E-state index contributed by atoms with van der Waals surface area (Å²) in [5.41, 5.74) is 0.863. The number of carbonyl (C=O) groups is 1. The summed E-state index contributed by atoms with van der Waals surface area (Å²) in [6.07, 6.45) is 0.255. The normalized spacial score (nSPS) is 12.2. The number of hydrogen-bond acceptors (Lipinski definition) is 4. The van der Waals surface area contributed by atoms with Crippen LogP contribution in [0, 0.1) is 0 Å². The molecule has 1 amide bonds. The Morgan fingerprint density at radius 3 is 2.95 bits per heavy atom. The Kier molecular flexibility index (Phi) is 3.56. The van der Waals surface area contributed by atoms with Gasteiger partial charge in [-0.2, -0.15) is 0 Å². The van der Waals surface area contributed by atoms with Crippen LogP contribution in [-0.4, -0.2) is 17.7 Å². The van der Waals surface area contributed by atoms with Crippen molar-refractivity contribution < 1.29 is 14.3 Å². The number of ether oxygens (including phenoxy) is 2. The van der Waals surface area contributed by atoms with E-state index >= 15 is 0 Å². The molecule has 0 saturated heterocycles. The summed E-state index contributed by atoms with van der Waals surface area (Å²) >= 11 is 3.26. The minimum absolute atomic E-state index is 0.130. The average molecular weight is 335 g/mol. The molecule has 2 heterocycles. The van der Waals surface area contributed by atoms with E-state index in [9.17, 15) is 4.79 Å². The first-order chi connectivity index (χ1) is 9.70. The summed E-state index contributed by atoms with van der Waals surface area (Å²) in [6.45, 7) is 0.229. The highest BCUT2D eigenvalue weighted by molar-refractivity contribution is 9.10. The molecule has 0 aliphatic carbocycles. The lowest BCUT2D eigenvalue weighted by molar-refractivity contribution is -0.115. The molecule has 0 unspecified atom stereocenters. The third-order valence-corrected chi connectivity index (χ3v) is 3.23. The van der Waals surface area contributed by atoms with Crippen molar-refractivity contribution in [1.29, 1.82) is 0 Å². The quantitative estimate of drug-likeness (QED) is 0.877. The molecular weight excluding hydrogens is 324 g/mol. The first kappa shape index (κ1) is 12.9. The summed E-state index contributed by atoms with van der Waals surface area (Å²) in [5.74, 6) is 1.78. The lowest BCUT2D eigenvalue weighted by Crippen LogP contribution is -2.15. The van der Waals surface area contributed by atoms with Crippen LogP contribution >= 0.6 is 15.9 Å². The van der Waals surface area contributed by atoms with Gasteiger partial charge < -0.3 is 14.8 Å². The van der Waals surface area contributed by atoms with Crippen LogP contribution in [0.4, 0.5) is 5.82 Å². The number of benzene rings is 1. The van der Waals surface area contributed by atoms with Crippen LogP contribution in [0.25, 0.3) is 0 Å². The largest absolute Gasteiger partial charge is 0.454 e. The Hall–Kier alpha value is -2.08. The van der Waals surface area contributed by atoms with Gasteiger partial charge in [0, 0.05) is 0 Å². The zero-order valence-electron chi connectivity index (χ0n) is 10.4. The van der Waals surface area contributed by atoms with Gasteiger partial charge in [0.05, 0.1) is 6.42 Å². The van der Waals surface area contributed by atoms with E-state index in [1.54, 1.807) is 12.1 Å². The number of rotatable bonds is 3. The summed E-state index contributed by atoms with van der Waals surface area (Å²) in [4.78, 5) is 16.1. The highest BCUT2D eigenvalue weighted by atomic mass is 79.9. The highest BCUT2D eigenvalue weighted by Gasteiger charge is 2.14. The number of nitrogens with one attached hydrogen (secondary N) is 1. The molecule has 1 N–H and O–H groups in total. The molecule has 1 aromatic heterocycles. The van der Waals surface area contributed by atoms with Crippen molar-refractivity contribution in [2.45, 2.75) is 6.42 Å². The molecule has 5 nitrogen and oxygen atoms in total. The van der Waals surface area contributed by atoms with Crippen molar-refractivity contribution in [2.75, 3.05) is 12.1 Å². The van der Waals surface area contributed by atoms with E-state index in [-0.39, 0.29) is 19.1 Å². The molecule has 102 valence electrons. The van der Waals surface area contributed by atoms with Gasteiger partial charge in [-0.1, -0.05) is 12.1 Å². The molecule has 1 aliphatic heterocycles. The van der Waals surface area contributed by atoms with E-state index in [2.05, 4.69) is 26.2 Å². The van der Waals surface area contributed by atoms with Crippen LogP contribution in [0.15, 0.2) is 41.0 Å². The molecule has 0 fully saturated rings. The van der Waals surface area contributed by atoms with E-state index in [0.29, 0.717) is 21.9 Å². The number of amides is 1. The van der Waals surface area contributed by atoms with Crippen molar-refractivity contribution in [1.82, 2.24) is 4.98 Å². The first-order valence-electron chi connectivity index (χ1n) is 6.02. The predicted octanol–water partition coefficient (Wildman–Crippen LogP) is 2.75. The number of fused-ring (bicyclic) bond motifs is 1. The van der Waals surface area contributed by atoms with Crippen LogP contribution in [0.3, 0.4) is 0 Å². The SMILES string of the molecule is O=C(Cc1ccc2c(c1)OCO2)Nc1cccc(Br)n1. The number of aromatic nitrogens is 1. The van der Waals surface area contributed by atoms with Crippen molar-refractivity contribution >= 4 is 27.7 Å². The monoisotopic (exact) mass is 334 g/mol. The van der Waals surface area contributed by atoms with Gasteiger partial charge in [-0.3, -0.25) is 4.79 Å². The molecule has 20 heavy (non-hydrogen) atoms. The maximum absolute atomic E-state index is 12.0. The minimum atomic E-state index is -0.130. The molecular formula is C14H11BrN2O3. The standard InChI is InChI=1S/C14H11BrN2O3/c15-12-2-1-3-13(16-12)17-14(18)7-9-4-5-10-11(6-9)20-8-19-10/h1-6H,7-8H2,(H,16,17,18).